The topological polar surface area (TPSA) is 18.5 Å². The number of hydrogen-bond acceptors (Lipinski definition) is 2. The maximum Gasteiger partial charge on any atom is 0.432 e. The second-order valence-electron chi connectivity index (χ2n) is 11.1. The van der Waals surface area contributed by atoms with Crippen molar-refractivity contribution in [1.82, 2.24) is 0 Å². The molecule has 2 aliphatic carbocycles. The van der Waals surface area contributed by atoms with Crippen molar-refractivity contribution < 1.29 is 44.6 Å². The van der Waals surface area contributed by atoms with Gasteiger partial charge in [-0.3, -0.25) is 0 Å². The van der Waals surface area contributed by atoms with Gasteiger partial charge in [-0.2, -0.15) is 22.0 Å². The smallest absolute Gasteiger partial charge is 0.429 e. The fourth-order valence-corrected chi connectivity index (χ4v) is 5.79. The highest BCUT2D eigenvalue weighted by Gasteiger charge is 2.42. The molecule has 2 aromatic rings. The second kappa shape index (κ2) is 13.6. The first-order chi connectivity index (χ1) is 19.9. The van der Waals surface area contributed by atoms with Crippen molar-refractivity contribution in [1.29, 1.82) is 0 Å². The standard InChI is InChI=1S/C32H34F8O2/c1-2-3-16-41-24-12-8-21(9-13-24)5-4-20-6-10-22(11-7-20)23-17-28(34)30(29(35)18-23)32(39,40)42-25-14-15-26(27(33)19-25)31(36,37)38/h2-5,14-15,17-22,24H,6-13,16H2,1H3/b3-2+,5-4+. The maximum atomic E-state index is 14.8. The molecule has 0 radical (unpaired) electrons. The number of alkyl halides is 5. The van der Waals surface area contributed by atoms with Gasteiger partial charge in [-0.15, -0.1) is 0 Å². The van der Waals surface area contributed by atoms with Gasteiger partial charge < -0.3 is 9.47 Å². The molecule has 0 bridgehead atoms. The first-order valence-corrected chi connectivity index (χ1v) is 14.2. The van der Waals surface area contributed by atoms with E-state index in [4.69, 9.17) is 4.74 Å². The third kappa shape index (κ3) is 8.14. The molecule has 42 heavy (non-hydrogen) atoms. The molecule has 0 N–H and O–H groups in total. The van der Waals surface area contributed by atoms with Crippen molar-refractivity contribution in [3.8, 4) is 5.75 Å². The van der Waals surface area contributed by atoms with E-state index in [1.165, 1.54) is 0 Å². The monoisotopic (exact) mass is 602 g/mol. The first kappa shape index (κ1) is 32.0. The van der Waals surface area contributed by atoms with Crippen LogP contribution in [0.25, 0.3) is 0 Å². The highest BCUT2D eigenvalue weighted by atomic mass is 19.4. The number of hydrogen-bond donors (Lipinski definition) is 0. The van der Waals surface area contributed by atoms with Crippen molar-refractivity contribution in [2.45, 2.75) is 82.6 Å². The van der Waals surface area contributed by atoms with E-state index in [-0.39, 0.29) is 23.6 Å². The van der Waals surface area contributed by atoms with Gasteiger partial charge in [-0.05, 0) is 106 Å². The van der Waals surface area contributed by atoms with E-state index in [1.54, 1.807) is 0 Å². The Kier molecular flexibility index (Phi) is 10.4. The highest BCUT2D eigenvalue weighted by Crippen LogP contribution is 2.41. The zero-order valence-corrected chi connectivity index (χ0v) is 23.2. The molecule has 230 valence electrons. The summed E-state index contributed by atoms with van der Waals surface area (Å²) >= 11 is 0. The summed E-state index contributed by atoms with van der Waals surface area (Å²) < 4.78 is 121. The SMILES string of the molecule is C/C=C/COC1CCC(/C=C/C2CCC(c3cc(F)c(C(F)(F)Oc4ccc(C(F)(F)F)c(F)c4)c(F)c3)CC2)CC1. The molecule has 0 unspecified atom stereocenters. The Labute approximate surface area is 240 Å². The lowest BCUT2D eigenvalue weighted by molar-refractivity contribution is -0.189. The fourth-order valence-electron chi connectivity index (χ4n) is 5.79. The van der Waals surface area contributed by atoms with Crippen molar-refractivity contribution in [3.05, 3.63) is 88.8 Å². The molecule has 2 nitrogen and oxygen atoms in total. The van der Waals surface area contributed by atoms with Gasteiger partial charge >= 0.3 is 12.3 Å². The Hall–Kier alpha value is -2.88. The Bertz CT molecular complexity index is 1230. The van der Waals surface area contributed by atoms with Crippen molar-refractivity contribution >= 4 is 0 Å². The largest absolute Gasteiger partial charge is 0.432 e. The molecule has 10 heteroatoms. The third-order valence-corrected chi connectivity index (χ3v) is 8.13. The van der Waals surface area contributed by atoms with Crippen molar-refractivity contribution in [2.24, 2.45) is 11.8 Å². The molecule has 0 aliphatic heterocycles. The normalized spacial score (nSPS) is 24.0. The van der Waals surface area contributed by atoms with Gasteiger partial charge in [0.2, 0.25) is 0 Å². The van der Waals surface area contributed by atoms with Crippen LogP contribution in [-0.4, -0.2) is 12.7 Å². The Morgan fingerprint density at radius 1 is 0.762 bits per heavy atom. The first-order valence-electron chi connectivity index (χ1n) is 14.2. The molecule has 2 aliphatic rings. The van der Waals surface area contributed by atoms with E-state index < -0.39 is 46.6 Å². The minimum Gasteiger partial charge on any atom is -0.429 e. The van der Waals surface area contributed by atoms with E-state index in [0.29, 0.717) is 43.5 Å². The summed E-state index contributed by atoms with van der Waals surface area (Å²) in [5, 5.41) is 0. The highest BCUT2D eigenvalue weighted by molar-refractivity contribution is 5.34. The molecule has 4 rings (SSSR count). The predicted molar refractivity (Wildman–Crippen MR) is 143 cm³/mol. The van der Waals surface area contributed by atoms with Crippen LogP contribution in [-0.2, 0) is 17.0 Å². The third-order valence-electron chi connectivity index (χ3n) is 8.13. The number of rotatable bonds is 9. The van der Waals surface area contributed by atoms with Crippen LogP contribution < -0.4 is 4.74 Å². The predicted octanol–water partition coefficient (Wildman–Crippen LogP) is 10.2. The zero-order chi connectivity index (χ0) is 30.5. The number of halogens is 8. The van der Waals surface area contributed by atoms with Crippen LogP contribution in [0.5, 0.6) is 5.75 Å². The number of allylic oxidation sites excluding steroid dienone is 3. The van der Waals surface area contributed by atoms with Crippen LogP contribution in [0.3, 0.4) is 0 Å². The van der Waals surface area contributed by atoms with Crippen molar-refractivity contribution in [3.63, 3.8) is 0 Å². The molecule has 0 spiro atoms. The molecule has 2 saturated carbocycles. The van der Waals surface area contributed by atoms with Gasteiger partial charge in [0.25, 0.3) is 0 Å². The van der Waals surface area contributed by atoms with Crippen LogP contribution in [0.4, 0.5) is 35.1 Å². The minimum absolute atomic E-state index is 0.0969. The average molecular weight is 603 g/mol. The summed E-state index contributed by atoms with van der Waals surface area (Å²) in [6.45, 7) is 2.60. The zero-order valence-electron chi connectivity index (χ0n) is 23.2. The van der Waals surface area contributed by atoms with E-state index in [2.05, 4.69) is 16.9 Å². The number of benzene rings is 2. The van der Waals surface area contributed by atoms with Crippen LogP contribution in [0.2, 0.25) is 0 Å². The van der Waals surface area contributed by atoms with Gasteiger partial charge in [0.1, 0.15) is 28.8 Å². The lowest BCUT2D eigenvalue weighted by Gasteiger charge is -2.29. The molecule has 0 saturated heterocycles. The van der Waals surface area contributed by atoms with Crippen LogP contribution in [0.1, 0.15) is 80.9 Å². The van der Waals surface area contributed by atoms with Gasteiger partial charge in [0, 0.05) is 6.07 Å². The van der Waals surface area contributed by atoms with E-state index in [1.807, 2.05) is 19.1 Å². The van der Waals surface area contributed by atoms with Crippen molar-refractivity contribution in [2.75, 3.05) is 6.61 Å². The van der Waals surface area contributed by atoms with Crippen LogP contribution in [0, 0.1) is 29.3 Å². The molecule has 0 amide bonds. The molecule has 2 fully saturated rings. The van der Waals surface area contributed by atoms with Gasteiger partial charge in [0.05, 0.1) is 18.3 Å². The molecular weight excluding hydrogens is 568 g/mol. The van der Waals surface area contributed by atoms with Crippen LogP contribution in [0.15, 0.2) is 54.6 Å². The molecule has 0 atom stereocenters. The minimum atomic E-state index is -5.05. The summed E-state index contributed by atoms with van der Waals surface area (Å²) in [4.78, 5) is 0. The Morgan fingerprint density at radius 2 is 1.33 bits per heavy atom. The molecule has 0 heterocycles. The summed E-state index contributed by atoms with van der Waals surface area (Å²) in [6, 6.07) is 2.47. The summed E-state index contributed by atoms with van der Waals surface area (Å²) in [7, 11) is 0. The van der Waals surface area contributed by atoms with Gasteiger partial charge in [-0.1, -0.05) is 24.3 Å². The Balaban J connectivity index is 1.33. The van der Waals surface area contributed by atoms with Gasteiger partial charge in [0.15, 0.2) is 0 Å². The van der Waals surface area contributed by atoms with E-state index >= 15 is 0 Å². The van der Waals surface area contributed by atoms with E-state index in [9.17, 15) is 35.1 Å². The summed E-state index contributed by atoms with van der Waals surface area (Å²) in [5.74, 6) is -5.33. The quantitative estimate of drug-likeness (QED) is 0.210. The molecular formula is C32H34F8O2. The van der Waals surface area contributed by atoms with E-state index in [0.717, 1.165) is 50.7 Å². The molecule has 2 aromatic carbocycles. The second-order valence-corrected chi connectivity index (χ2v) is 11.1. The Morgan fingerprint density at radius 3 is 1.86 bits per heavy atom. The summed E-state index contributed by atoms with van der Waals surface area (Å²) in [6.07, 6.45) is 6.18. The van der Waals surface area contributed by atoms with Crippen LogP contribution >= 0.6 is 0 Å². The van der Waals surface area contributed by atoms with Gasteiger partial charge in [-0.25, -0.2) is 13.2 Å². The fraction of sp³-hybridized carbons (Fsp3) is 0.500. The molecule has 0 aromatic heterocycles. The number of ether oxygens (including phenoxy) is 2. The summed E-state index contributed by atoms with van der Waals surface area (Å²) in [5.41, 5.74) is -3.12. The average Bonchev–Trinajstić information content (AvgIpc) is 2.91. The lowest BCUT2D eigenvalue weighted by Crippen LogP contribution is -2.26. The lowest BCUT2D eigenvalue weighted by atomic mass is 9.77. The maximum absolute atomic E-state index is 14.8.